The predicted molar refractivity (Wildman–Crippen MR) is 92.9 cm³/mol. The average molecular weight is 312 g/mol. The average Bonchev–Trinajstić information content (AvgIpc) is 2.49. The van der Waals surface area contributed by atoms with E-state index in [9.17, 15) is 10.0 Å². The van der Waals surface area contributed by atoms with E-state index in [0.717, 1.165) is 16.9 Å². The molecule has 0 radical (unpaired) electrons. The first-order valence-electron chi connectivity index (χ1n) is 7.69. The van der Waals surface area contributed by atoms with Gasteiger partial charge in [-0.05, 0) is 40.8 Å². The van der Waals surface area contributed by atoms with E-state index in [1.165, 1.54) is 12.5 Å². The minimum Gasteiger partial charge on any atom is -0.356 e. The highest BCUT2D eigenvalue weighted by Crippen LogP contribution is 2.25. The van der Waals surface area contributed by atoms with E-state index in [-0.39, 0.29) is 17.9 Å². The van der Waals surface area contributed by atoms with Gasteiger partial charge in [-0.25, -0.2) is 5.06 Å². The molecule has 2 aromatic carbocycles. The number of hydroxylamine groups is 2. The van der Waals surface area contributed by atoms with Crippen molar-refractivity contribution in [1.82, 2.24) is 5.06 Å². The SMILES string of the molecule is CC(=O)N(O)Cc1ccc(Nc2ccc(C(C)(C)C)cc2)cc1. The number of hydrogen-bond acceptors (Lipinski definition) is 3. The fourth-order valence-corrected chi connectivity index (χ4v) is 2.20. The number of anilines is 2. The van der Waals surface area contributed by atoms with Crippen LogP contribution in [0.2, 0.25) is 0 Å². The van der Waals surface area contributed by atoms with Crippen molar-refractivity contribution in [3.05, 3.63) is 59.7 Å². The lowest BCUT2D eigenvalue weighted by molar-refractivity contribution is -0.165. The molecule has 0 spiro atoms. The number of benzene rings is 2. The Kier molecular flexibility index (Phi) is 5.06. The molecule has 0 saturated heterocycles. The van der Waals surface area contributed by atoms with Crippen LogP contribution in [0.25, 0.3) is 0 Å². The topological polar surface area (TPSA) is 52.6 Å². The van der Waals surface area contributed by atoms with E-state index < -0.39 is 0 Å². The molecule has 0 saturated carbocycles. The first kappa shape index (κ1) is 17.0. The van der Waals surface area contributed by atoms with Crippen molar-refractivity contribution in [2.45, 2.75) is 39.7 Å². The van der Waals surface area contributed by atoms with Crippen LogP contribution < -0.4 is 5.32 Å². The van der Waals surface area contributed by atoms with E-state index in [1.807, 2.05) is 24.3 Å². The summed E-state index contributed by atoms with van der Waals surface area (Å²) in [6.45, 7) is 8.10. The summed E-state index contributed by atoms with van der Waals surface area (Å²) in [5.74, 6) is -0.369. The first-order valence-corrected chi connectivity index (χ1v) is 7.69. The number of hydrogen-bond donors (Lipinski definition) is 2. The van der Waals surface area contributed by atoms with Gasteiger partial charge >= 0.3 is 0 Å². The largest absolute Gasteiger partial charge is 0.356 e. The van der Waals surface area contributed by atoms with Crippen LogP contribution in [0.3, 0.4) is 0 Å². The van der Waals surface area contributed by atoms with Crippen LogP contribution in [0.1, 0.15) is 38.8 Å². The summed E-state index contributed by atoms with van der Waals surface area (Å²) >= 11 is 0. The normalized spacial score (nSPS) is 11.2. The van der Waals surface area contributed by atoms with Crippen molar-refractivity contribution in [3.63, 3.8) is 0 Å². The van der Waals surface area contributed by atoms with Gasteiger partial charge in [0.25, 0.3) is 0 Å². The monoisotopic (exact) mass is 312 g/mol. The van der Waals surface area contributed by atoms with Gasteiger partial charge in [-0.2, -0.15) is 0 Å². The third kappa shape index (κ3) is 4.83. The van der Waals surface area contributed by atoms with Gasteiger partial charge < -0.3 is 5.32 Å². The Morgan fingerprint density at radius 3 is 1.91 bits per heavy atom. The van der Waals surface area contributed by atoms with Crippen LogP contribution in [0.15, 0.2) is 48.5 Å². The number of nitrogens with one attached hydrogen (secondary N) is 1. The number of rotatable bonds is 4. The molecule has 4 nitrogen and oxygen atoms in total. The molecule has 2 N–H and O–H groups in total. The Bertz CT molecular complexity index is 655. The van der Waals surface area contributed by atoms with Crippen molar-refractivity contribution in [1.29, 1.82) is 0 Å². The van der Waals surface area contributed by atoms with E-state index in [0.29, 0.717) is 5.06 Å². The molecule has 0 unspecified atom stereocenters. The second-order valence-electron chi connectivity index (χ2n) is 6.73. The van der Waals surface area contributed by atoms with E-state index >= 15 is 0 Å². The number of nitrogens with zero attached hydrogens (tertiary/aromatic N) is 1. The molecule has 0 aliphatic heterocycles. The van der Waals surface area contributed by atoms with Crippen LogP contribution in [-0.4, -0.2) is 16.2 Å². The van der Waals surface area contributed by atoms with Crippen LogP contribution in [-0.2, 0) is 16.8 Å². The van der Waals surface area contributed by atoms with Crippen molar-refractivity contribution in [2.75, 3.05) is 5.32 Å². The maximum Gasteiger partial charge on any atom is 0.243 e. The summed E-state index contributed by atoms with van der Waals surface area (Å²) in [6.07, 6.45) is 0. The van der Waals surface area contributed by atoms with Crippen LogP contribution >= 0.6 is 0 Å². The predicted octanol–water partition coefficient (Wildman–Crippen LogP) is 4.47. The molecule has 0 aliphatic rings. The summed E-state index contributed by atoms with van der Waals surface area (Å²) in [5.41, 5.74) is 4.30. The Labute approximate surface area is 137 Å². The van der Waals surface area contributed by atoms with Gasteiger partial charge in [0.05, 0.1) is 6.54 Å². The van der Waals surface area contributed by atoms with Gasteiger partial charge in [0.15, 0.2) is 0 Å². The maximum atomic E-state index is 11.0. The van der Waals surface area contributed by atoms with E-state index in [1.54, 1.807) is 0 Å². The van der Waals surface area contributed by atoms with Gasteiger partial charge in [0.2, 0.25) is 5.91 Å². The zero-order chi connectivity index (χ0) is 17.0. The van der Waals surface area contributed by atoms with Crippen molar-refractivity contribution < 1.29 is 10.0 Å². The smallest absolute Gasteiger partial charge is 0.243 e. The fourth-order valence-electron chi connectivity index (χ4n) is 2.20. The minimum atomic E-state index is -0.369. The van der Waals surface area contributed by atoms with E-state index in [2.05, 4.69) is 50.4 Å². The molecular weight excluding hydrogens is 288 g/mol. The highest BCUT2D eigenvalue weighted by molar-refractivity contribution is 5.71. The highest BCUT2D eigenvalue weighted by atomic mass is 16.5. The maximum absolute atomic E-state index is 11.0. The summed E-state index contributed by atoms with van der Waals surface area (Å²) in [7, 11) is 0. The molecular formula is C19H24N2O2. The van der Waals surface area contributed by atoms with Gasteiger partial charge in [-0.3, -0.25) is 10.0 Å². The Morgan fingerprint density at radius 1 is 1.00 bits per heavy atom. The Hall–Kier alpha value is -2.33. The lowest BCUT2D eigenvalue weighted by atomic mass is 9.87. The standard InChI is InChI=1S/C19H24N2O2/c1-14(22)21(23)13-15-5-9-17(10-6-15)20-18-11-7-16(8-12-18)19(2,3)4/h5-12,20,23H,13H2,1-4H3. The molecule has 4 heteroatoms. The summed E-state index contributed by atoms with van der Waals surface area (Å²) < 4.78 is 0. The van der Waals surface area contributed by atoms with Gasteiger partial charge in [-0.15, -0.1) is 0 Å². The molecule has 0 aliphatic carbocycles. The third-order valence-corrected chi connectivity index (χ3v) is 3.69. The molecule has 23 heavy (non-hydrogen) atoms. The first-order chi connectivity index (χ1) is 10.8. The van der Waals surface area contributed by atoms with Gasteiger partial charge in [0, 0.05) is 18.3 Å². The zero-order valence-electron chi connectivity index (χ0n) is 14.1. The quantitative estimate of drug-likeness (QED) is 0.647. The lowest BCUT2D eigenvalue weighted by Crippen LogP contribution is -2.23. The van der Waals surface area contributed by atoms with Crippen LogP contribution in [0.5, 0.6) is 0 Å². The number of carbonyl (C=O) groups excluding carboxylic acids is 1. The number of amides is 1. The Balaban J connectivity index is 2.02. The second kappa shape index (κ2) is 6.84. The van der Waals surface area contributed by atoms with Crippen LogP contribution in [0.4, 0.5) is 11.4 Å². The molecule has 0 bridgehead atoms. The molecule has 0 heterocycles. The molecule has 1 amide bonds. The van der Waals surface area contributed by atoms with Crippen molar-refractivity contribution in [3.8, 4) is 0 Å². The molecule has 0 atom stereocenters. The third-order valence-electron chi connectivity index (χ3n) is 3.69. The molecule has 0 aromatic heterocycles. The summed E-state index contributed by atoms with van der Waals surface area (Å²) in [5, 5.41) is 13.5. The van der Waals surface area contributed by atoms with Crippen molar-refractivity contribution >= 4 is 17.3 Å². The molecule has 0 fully saturated rings. The minimum absolute atomic E-state index is 0.146. The fraction of sp³-hybridized carbons (Fsp3) is 0.316. The van der Waals surface area contributed by atoms with Crippen molar-refractivity contribution in [2.24, 2.45) is 0 Å². The van der Waals surface area contributed by atoms with Gasteiger partial charge in [-0.1, -0.05) is 45.0 Å². The molecule has 2 rings (SSSR count). The number of carbonyl (C=O) groups is 1. The van der Waals surface area contributed by atoms with Gasteiger partial charge in [0.1, 0.15) is 0 Å². The summed E-state index contributed by atoms with van der Waals surface area (Å²) in [6, 6.07) is 16.0. The lowest BCUT2D eigenvalue weighted by Gasteiger charge is -2.19. The Morgan fingerprint density at radius 2 is 1.48 bits per heavy atom. The highest BCUT2D eigenvalue weighted by Gasteiger charge is 2.12. The molecule has 122 valence electrons. The molecule has 2 aromatic rings. The summed E-state index contributed by atoms with van der Waals surface area (Å²) in [4.78, 5) is 11.0. The van der Waals surface area contributed by atoms with Crippen LogP contribution in [0, 0.1) is 0 Å². The zero-order valence-corrected chi connectivity index (χ0v) is 14.1. The second-order valence-corrected chi connectivity index (χ2v) is 6.73. The van der Waals surface area contributed by atoms with E-state index in [4.69, 9.17) is 0 Å².